The van der Waals surface area contributed by atoms with Gasteiger partial charge in [0.15, 0.2) is 0 Å². The molecule has 0 aliphatic carbocycles. The molecule has 12 nitrogen and oxygen atoms in total. The molecule has 0 aliphatic rings. The molecule has 12 heteroatoms. The third-order valence-electron chi connectivity index (χ3n) is 6.31. The Hall–Kier alpha value is -3.51. The number of aliphatic carboxylic acids is 1. The van der Waals surface area contributed by atoms with Gasteiger partial charge in [0.25, 0.3) is 0 Å². The molecule has 0 radical (unpaired) electrons. The van der Waals surface area contributed by atoms with Crippen LogP contribution < -0.4 is 33.2 Å². The second-order valence-electron chi connectivity index (χ2n) is 9.42. The molecule has 0 saturated heterocycles. The van der Waals surface area contributed by atoms with Crippen LogP contribution in [0.4, 0.5) is 0 Å². The first kappa shape index (κ1) is 32.5. The lowest BCUT2D eigenvalue weighted by atomic mass is 9.96. The monoisotopic (exact) mass is 534 g/mol. The summed E-state index contributed by atoms with van der Waals surface area (Å²) in [6.45, 7) is 4.00. The summed E-state index contributed by atoms with van der Waals surface area (Å²) in [5.41, 5.74) is 17.3. The van der Waals surface area contributed by atoms with E-state index in [1.165, 1.54) is 0 Å². The van der Waals surface area contributed by atoms with Gasteiger partial charge in [0, 0.05) is 12.8 Å². The fraction of sp³-hybridized carbons (Fsp3) is 0.577. The summed E-state index contributed by atoms with van der Waals surface area (Å²) in [6, 6.07) is 4.58. The van der Waals surface area contributed by atoms with Crippen molar-refractivity contribution < 1.29 is 29.1 Å². The number of carboxylic acid groups (broad SMARTS) is 1. The Kier molecular flexibility index (Phi) is 14.6. The third-order valence-corrected chi connectivity index (χ3v) is 6.31. The predicted molar refractivity (Wildman–Crippen MR) is 142 cm³/mol. The standard InChI is InChI=1S/C26H42N6O6/c1-3-16(2)22(32-23(34)18(28)12-13-21(29)33)25(36)30-19(11-7-8-14-27)24(35)31-20(26(37)38)15-17-9-5-4-6-10-17/h4-6,9-10,16,18-20,22H,3,7-8,11-15,27-28H2,1-2H3,(H2,29,33)(H,30,36)(H,31,35)(H,32,34)(H,37,38). The summed E-state index contributed by atoms with van der Waals surface area (Å²) in [6.07, 6.45) is 1.91. The van der Waals surface area contributed by atoms with Crippen molar-refractivity contribution in [1.82, 2.24) is 16.0 Å². The Labute approximate surface area is 223 Å². The molecule has 1 rings (SSSR count). The highest BCUT2D eigenvalue weighted by molar-refractivity contribution is 5.94. The smallest absolute Gasteiger partial charge is 0.326 e. The van der Waals surface area contributed by atoms with Crippen molar-refractivity contribution >= 4 is 29.6 Å². The van der Waals surface area contributed by atoms with Crippen molar-refractivity contribution in [3.8, 4) is 0 Å². The molecule has 5 atom stereocenters. The van der Waals surface area contributed by atoms with Crippen LogP contribution in [0.15, 0.2) is 30.3 Å². The molecule has 0 aliphatic heterocycles. The average Bonchev–Trinajstić information content (AvgIpc) is 2.89. The maximum atomic E-state index is 13.3. The minimum atomic E-state index is -1.20. The molecule has 0 aromatic heterocycles. The normalized spacial score (nSPS) is 14.8. The quantitative estimate of drug-likeness (QED) is 0.122. The van der Waals surface area contributed by atoms with Gasteiger partial charge in [-0.25, -0.2) is 4.79 Å². The Bertz CT molecular complexity index is 928. The van der Waals surface area contributed by atoms with Gasteiger partial charge in [-0.05, 0) is 43.7 Å². The largest absolute Gasteiger partial charge is 0.480 e. The molecule has 0 heterocycles. The number of carbonyl (C=O) groups is 5. The van der Waals surface area contributed by atoms with E-state index in [1.807, 2.05) is 6.92 Å². The molecule has 212 valence electrons. The number of rotatable bonds is 18. The maximum Gasteiger partial charge on any atom is 0.326 e. The molecule has 1 aromatic rings. The SMILES string of the molecule is CCC(C)C(NC(=O)C(N)CCC(N)=O)C(=O)NC(CCCCN)C(=O)NC(Cc1ccccc1)C(=O)O. The van der Waals surface area contributed by atoms with Gasteiger partial charge in [0.1, 0.15) is 18.1 Å². The zero-order chi connectivity index (χ0) is 28.7. The lowest BCUT2D eigenvalue weighted by molar-refractivity contribution is -0.142. The number of primary amides is 1. The highest BCUT2D eigenvalue weighted by Gasteiger charge is 2.32. The van der Waals surface area contributed by atoms with E-state index in [1.54, 1.807) is 37.3 Å². The van der Waals surface area contributed by atoms with Gasteiger partial charge in [0.2, 0.25) is 23.6 Å². The van der Waals surface area contributed by atoms with Crippen LogP contribution in [-0.4, -0.2) is 65.4 Å². The van der Waals surface area contributed by atoms with Gasteiger partial charge < -0.3 is 38.3 Å². The first-order chi connectivity index (χ1) is 18.0. The summed E-state index contributed by atoms with van der Waals surface area (Å²) in [7, 11) is 0. The van der Waals surface area contributed by atoms with Crippen molar-refractivity contribution in [2.45, 2.75) is 83.0 Å². The molecule has 0 fully saturated rings. The Morgan fingerprint density at radius 2 is 1.53 bits per heavy atom. The van der Waals surface area contributed by atoms with E-state index >= 15 is 0 Å². The van der Waals surface area contributed by atoms with E-state index in [2.05, 4.69) is 16.0 Å². The Balaban J connectivity index is 3.01. The summed E-state index contributed by atoms with van der Waals surface area (Å²) >= 11 is 0. The molecule has 1 aromatic carbocycles. The first-order valence-electron chi connectivity index (χ1n) is 12.9. The number of benzene rings is 1. The predicted octanol–water partition coefficient (Wildman–Crippen LogP) is -0.464. The number of nitrogens with two attached hydrogens (primary N) is 3. The highest BCUT2D eigenvalue weighted by atomic mass is 16.4. The van der Waals surface area contributed by atoms with E-state index in [4.69, 9.17) is 17.2 Å². The average molecular weight is 535 g/mol. The molecular weight excluding hydrogens is 492 g/mol. The first-order valence-corrected chi connectivity index (χ1v) is 12.9. The lowest BCUT2D eigenvalue weighted by Crippen LogP contribution is -2.58. The van der Waals surface area contributed by atoms with Gasteiger partial charge in [-0.15, -0.1) is 0 Å². The fourth-order valence-corrected chi connectivity index (χ4v) is 3.74. The van der Waals surface area contributed by atoms with Crippen LogP contribution in [-0.2, 0) is 30.4 Å². The fourth-order valence-electron chi connectivity index (χ4n) is 3.74. The van der Waals surface area contributed by atoms with Crippen molar-refractivity contribution in [1.29, 1.82) is 0 Å². The molecule has 0 saturated carbocycles. The summed E-state index contributed by atoms with van der Waals surface area (Å²) in [5, 5.41) is 17.5. The zero-order valence-electron chi connectivity index (χ0n) is 22.2. The lowest BCUT2D eigenvalue weighted by Gasteiger charge is -2.28. The minimum absolute atomic E-state index is 0.0259. The number of unbranched alkanes of at least 4 members (excludes halogenated alkanes) is 1. The second-order valence-corrected chi connectivity index (χ2v) is 9.42. The molecule has 38 heavy (non-hydrogen) atoms. The van der Waals surface area contributed by atoms with Gasteiger partial charge in [-0.3, -0.25) is 19.2 Å². The van der Waals surface area contributed by atoms with Crippen LogP contribution in [0, 0.1) is 5.92 Å². The third kappa shape index (κ3) is 11.7. The van der Waals surface area contributed by atoms with Crippen molar-refractivity contribution in [2.75, 3.05) is 6.54 Å². The van der Waals surface area contributed by atoms with E-state index < -0.39 is 53.8 Å². The number of nitrogens with one attached hydrogen (secondary N) is 3. The molecule has 0 spiro atoms. The van der Waals surface area contributed by atoms with Crippen LogP contribution in [0.25, 0.3) is 0 Å². The minimum Gasteiger partial charge on any atom is -0.480 e. The number of carboxylic acids is 1. The van der Waals surface area contributed by atoms with Crippen LogP contribution in [0.1, 0.15) is 57.9 Å². The molecule has 10 N–H and O–H groups in total. The van der Waals surface area contributed by atoms with E-state index in [9.17, 15) is 29.1 Å². The van der Waals surface area contributed by atoms with Crippen LogP contribution >= 0.6 is 0 Å². The molecule has 0 bridgehead atoms. The van der Waals surface area contributed by atoms with E-state index in [0.717, 1.165) is 5.56 Å². The summed E-state index contributed by atoms with van der Waals surface area (Å²) in [5.74, 6) is -3.97. The molecule has 5 unspecified atom stereocenters. The Morgan fingerprint density at radius 1 is 0.895 bits per heavy atom. The van der Waals surface area contributed by atoms with E-state index in [-0.39, 0.29) is 31.6 Å². The molecule has 4 amide bonds. The van der Waals surface area contributed by atoms with Crippen molar-refractivity contribution in [2.24, 2.45) is 23.1 Å². The second kappa shape index (κ2) is 17.1. The van der Waals surface area contributed by atoms with Crippen LogP contribution in [0.3, 0.4) is 0 Å². The summed E-state index contributed by atoms with van der Waals surface area (Å²) < 4.78 is 0. The van der Waals surface area contributed by atoms with Gasteiger partial charge in [0.05, 0.1) is 6.04 Å². The van der Waals surface area contributed by atoms with Crippen LogP contribution in [0.2, 0.25) is 0 Å². The number of hydrogen-bond donors (Lipinski definition) is 7. The van der Waals surface area contributed by atoms with Gasteiger partial charge in [-0.1, -0.05) is 50.6 Å². The van der Waals surface area contributed by atoms with E-state index in [0.29, 0.717) is 25.8 Å². The van der Waals surface area contributed by atoms with Gasteiger partial charge in [-0.2, -0.15) is 0 Å². The van der Waals surface area contributed by atoms with Crippen LogP contribution in [0.5, 0.6) is 0 Å². The molecular formula is C26H42N6O6. The number of carbonyl (C=O) groups excluding carboxylic acids is 4. The highest BCUT2D eigenvalue weighted by Crippen LogP contribution is 2.11. The summed E-state index contributed by atoms with van der Waals surface area (Å²) in [4.78, 5) is 61.9. The number of amides is 4. The van der Waals surface area contributed by atoms with Crippen molar-refractivity contribution in [3.63, 3.8) is 0 Å². The number of hydrogen-bond acceptors (Lipinski definition) is 7. The van der Waals surface area contributed by atoms with Crippen molar-refractivity contribution in [3.05, 3.63) is 35.9 Å². The maximum absolute atomic E-state index is 13.3. The topological polar surface area (TPSA) is 220 Å². The van der Waals surface area contributed by atoms with Gasteiger partial charge >= 0.3 is 5.97 Å². The Morgan fingerprint density at radius 3 is 2.08 bits per heavy atom. The zero-order valence-corrected chi connectivity index (χ0v) is 22.2.